The Morgan fingerprint density at radius 1 is 1.44 bits per heavy atom. The molecule has 0 radical (unpaired) electrons. The zero-order valence-corrected chi connectivity index (χ0v) is 11.1. The van der Waals surface area contributed by atoms with Crippen LogP contribution in [0.1, 0.15) is 17.3 Å². The lowest BCUT2D eigenvalue weighted by Gasteiger charge is -2.20. The first-order chi connectivity index (χ1) is 8.49. The van der Waals surface area contributed by atoms with E-state index in [1.54, 1.807) is 19.1 Å². The molecule has 5 nitrogen and oxygen atoms in total. The summed E-state index contributed by atoms with van der Waals surface area (Å²) in [6.07, 6.45) is 0. The van der Waals surface area contributed by atoms with Gasteiger partial charge in [0.1, 0.15) is 0 Å². The lowest BCUT2D eigenvalue weighted by atomic mass is 10.1. The summed E-state index contributed by atoms with van der Waals surface area (Å²) in [6, 6.07) is 4.67. The van der Waals surface area contributed by atoms with Crippen molar-refractivity contribution in [2.45, 2.75) is 6.92 Å². The maximum atomic E-state index is 12.2. The first kappa shape index (κ1) is 14.3. The lowest BCUT2D eigenvalue weighted by molar-refractivity contribution is -0.121. The number of anilines is 1. The number of carbonyl (C=O) groups excluding carboxylic acids is 2. The Bertz CT molecular complexity index is 463. The molecule has 0 aromatic heterocycles. The topological polar surface area (TPSA) is 75.4 Å². The minimum Gasteiger partial charge on any atom is -0.398 e. The number of nitrogens with one attached hydrogen (secondary N) is 1. The van der Waals surface area contributed by atoms with E-state index in [0.29, 0.717) is 22.8 Å². The van der Waals surface area contributed by atoms with Gasteiger partial charge in [-0.1, -0.05) is 11.6 Å². The number of benzene rings is 1. The van der Waals surface area contributed by atoms with E-state index in [0.717, 1.165) is 0 Å². The molecule has 0 spiro atoms. The van der Waals surface area contributed by atoms with E-state index in [1.165, 1.54) is 18.0 Å². The fourth-order valence-corrected chi connectivity index (χ4v) is 1.66. The molecule has 3 N–H and O–H groups in total. The second-order valence-electron chi connectivity index (χ2n) is 3.72. The molecule has 0 aliphatic heterocycles. The van der Waals surface area contributed by atoms with Crippen LogP contribution in [0.15, 0.2) is 18.2 Å². The number of hydrogen-bond acceptors (Lipinski definition) is 3. The summed E-state index contributed by atoms with van der Waals surface area (Å²) in [6.45, 7) is 2.23. The summed E-state index contributed by atoms with van der Waals surface area (Å²) >= 11 is 5.77. The molecule has 98 valence electrons. The number of nitrogens with two attached hydrogens (primary N) is 1. The average Bonchev–Trinajstić information content (AvgIpc) is 2.34. The predicted octanol–water partition coefficient (Wildman–Crippen LogP) is 1.13. The molecule has 0 heterocycles. The van der Waals surface area contributed by atoms with Crippen molar-refractivity contribution in [3.63, 3.8) is 0 Å². The summed E-state index contributed by atoms with van der Waals surface area (Å²) in [5, 5.41) is 2.95. The van der Waals surface area contributed by atoms with Crippen molar-refractivity contribution in [2.75, 3.05) is 25.9 Å². The monoisotopic (exact) mass is 269 g/mol. The third-order valence-electron chi connectivity index (χ3n) is 2.53. The molecule has 6 heteroatoms. The third kappa shape index (κ3) is 3.37. The van der Waals surface area contributed by atoms with E-state index in [1.807, 2.05) is 0 Å². The van der Waals surface area contributed by atoms with Gasteiger partial charge in [-0.3, -0.25) is 9.59 Å². The molecule has 2 amide bonds. The molecule has 1 rings (SSSR count). The van der Waals surface area contributed by atoms with Crippen molar-refractivity contribution < 1.29 is 9.59 Å². The van der Waals surface area contributed by atoms with Crippen molar-refractivity contribution in [3.8, 4) is 0 Å². The predicted molar refractivity (Wildman–Crippen MR) is 71.5 cm³/mol. The second kappa shape index (κ2) is 6.26. The van der Waals surface area contributed by atoms with Crippen molar-refractivity contribution in [3.05, 3.63) is 28.8 Å². The summed E-state index contributed by atoms with van der Waals surface area (Å²) < 4.78 is 0. The highest BCUT2D eigenvalue weighted by atomic mass is 35.5. The number of amides is 2. The standard InChI is InChI=1S/C12H16ClN3O2/c1-3-16(7-11(17)15-2)12(18)9-5-4-8(13)6-10(9)14/h4-6H,3,7,14H2,1-2H3,(H,15,17). The van der Waals surface area contributed by atoms with Gasteiger partial charge < -0.3 is 16.0 Å². The van der Waals surface area contributed by atoms with Crippen LogP contribution < -0.4 is 11.1 Å². The van der Waals surface area contributed by atoms with Crippen molar-refractivity contribution in [2.24, 2.45) is 0 Å². The fourth-order valence-electron chi connectivity index (χ4n) is 1.48. The van der Waals surface area contributed by atoms with Gasteiger partial charge in [-0.15, -0.1) is 0 Å². The maximum Gasteiger partial charge on any atom is 0.256 e. The molecule has 0 unspecified atom stereocenters. The van der Waals surface area contributed by atoms with E-state index in [4.69, 9.17) is 17.3 Å². The Hall–Kier alpha value is -1.75. The molecular weight excluding hydrogens is 254 g/mol. The third-order valence-corrected chi connectivity index (χ3v) is 2.76. The second-order valence-corrected chi connectivity index (χ2v) is 4.16. The molecule has 0 bridgehead atoms. The Morgan fingerprint density at radius 3 is 2.61 bits per heavy atom. The zero-order valence-electron chi connectivity index (χ0n) is 10.4. The maximum absolute atomic E-state index is 12.2. The van der Waals surface area contributed by atoms with Gasteiger partial charge in [0.25, 0.3) is 5.91 Å². The van der Waals surface area contributed by atoms with Crippen LogP contribution in [0.4, 0.5) is 5.69 Å². The highest BCUT2D eigenvalue weighted by molar-refractivity contribution is 6.31. The van der Waals surface area contributed by atoms with Crippen molar-refractivity contribution in [1.82, 2.24) is 10.2 Å². The summed E-state index contributed by atoms with van der Waals surface area (Å²) in [4.78, 5) is 24.9. The number of carbonyl (C=O) groups is 2. The molecule has 0 aliphatic rings. The Labute approximate surface area is 111 Å². The van der Waals surface area contributed by atoms with Gasteiger partial charge in [-0.2, -0.15) is 0 Å². The van der Waals surface area contributed by atoms with Gasteiger partial charge in [0, 0.05) is 24.3 Å². The largest absolute Gasteiger partial charge is 0.398 e. The van der Waals surface area contributed by atoms with Crippen molar-refractivity contribution >= 4 is 29.1 Å². The van der Waals surface area contributed by atoms with Gasteiger partial charge in [0.15, 0.2) is 0 Å². The first-order valence-electron chi connectivity index (χ1n) is 5.54. The molecule has 1 aromatic rings. The SMILES string of the molecule is CCN(CC(=O)NC)C(=O)c1ccc(Cl)cc1N. The Kier molecular flexibility index (Phi) is 4.97. The molecule has 0 aliphatic carbocycles. The van der Waals surface area contributed by atoms with E-state index < -0.39 is 0 Å². The van der Waals surface area contributed by atoms with Crippen molar-refractivity contribution in [1.29, 1.82) is 0 Å². The van der Waals surface area contributed by atoms with Crippen LogP contribution >= 0.6 is 11.6 Å². The lowest BCUT2D eigenvalue weighted by Crippen LogP contribution is -2.39. The molecule has 0 fully saturated rings. The fraction of sp³-hybridized carbons (Fsp3) is 0.333. The minimum atomic E-state index is -0.282. The smallest absolute Gasteiger partial charge is 0.256 e. The van der Waals surface area contributed by atoms with E-state index in [-0.39, 0.29) is 18.4 Å². The van der Waals surface area contributed by atoms with Gasteiger partial charge in [0.05, 0.1) is 12.1 Å². The summed E-state index contributed by atoms with van der Waals surface area (Å²) in [5.74, 6) is -0.506. The highest BCUT2D eigenvalue weighted by Gasteiger charge is 2.18. The number of halogens is 1. The number of nitrogen functional groups attached to an aromatic ring is 1. The van der Waals surface area contributed by atoms with Gasteiger partial charge in [0.2, 0.25) is 5.91 Å². The quantitative estimate of drug-likeness (QED) is 0.805. The minimum absolute atomic E-state index is 0.00784. The molecule has 0 atom stereocenters. The van der Waals surface area contributed by atoms with Gasteiger partial charge in [-0.25, -0.2) is 0 Å². The van der Waals surface area contributed by atoms with Crippen LogP contribution in [0.2, 0.25) is 5.02 Å². The Balaban J connectivity index is 2.93. The molecular formula is C12H16ClN3O2. The number of nitrogens with zero attached hydrogens (tertiary/aromatic N) is 1. The molecule has 0 saturated heterocycles. The Morgan fingerprint density at radius 2 is 2.11 bits per heavy atom. The molecule has 18 heavy (non-hydrogen) atoms. The van der Waals surface area contributed by atoms with Crippen LogP contribution in [0.5, 0.6) is 0 Å². The zero-order chi connectivity index (χ0) is 13.7. The van der Waals surface area contributed by atoms with Crippen LogP contribution in [-0.2, 0) is 4.79 Å². The first-order valence-corrected chi connectivity index (χ1v) is 5.92. The van der Waals surface area contributed by atoms with Crippen LogP contribution in [0.3, 0.4) is 0 Å². The van der Waals surface area contributed by atoms with E-state index >= 15 is 0 Å². The number of likely N-dealkylation sites (N-methyl/N-ethyl adjacent to an activating group) is 2. The van der Waals surface area contributed by atoms with Crippen LogP contribution in [0, 0.1) is 0 Å². The van der Waals surface area contributed by atoms with E-state index in [9.17, 15) is 9.59 Å². The molecule has 1 aromatic carbocycles. The van der Waals surface area contributed by atoms with Crippen LogP contribution in [-0.4, -0.2) is 36.9 Å². The summed E-state index contributed by atoms with van der Waals surface area (Å²) in [7, 11) is 1.53. The molecule has 0 saturated carbocycles. The average molecular weight is 270 g/mol. The van der Waals surface area contributed by atoms with Gasteiger partial charge >= 0.3 is 0 Å². The summed E-state index contributed by atoms with van der Waals surface area (Å²) in [5.41, 5.74) is 6.41. The van der Waals surface area contributed by atoms with E-state index in [2.05, 4.69) is 5.32 Å². The normalized spacial score (nSPS) is 9.94. The highest BCUT2D eigenvalue weighted by Crippen LogP contribution is 2.19. The number of rotatable bonds is 4. The number of hydrogen-bond donors (Lipinski definition) is 2. The van der Waals surface area contributed by atoms with Crippen LogP contribution in [0.25, 0.3) is 0 Å². The van der Waals surface area contributed by atoms with Gasteiger partial charge in [-0.05, 0) is 25.1 Å².